The van der Waals surface area contributed by atoms with Gasteiger partial charge in [0, 0.05) is 25.5 Å². The molecule has 1 aromatic heterocycles. The maximum Gasteiger partial charge on any atom is 0.132 e. The molecule has 4 nitrogen and oxygen atoms in total. The Bertz CT molecular complexity index is 222. The van der Waals surface area contributed by atoms with E-state index in [9.17, 15) is 0 Å². The summed E-state index contributed by atoms with van der Waals surface area (Å²) >= 11 is 0. The Labute approximate surface area is 72.3 Å². The number of rotatable bonds is 5. The van der Waals surface area contributed by atoms with Gasteiger partial charge in [-0.2, -0.15) is 0 Å². The van der Waals surface area contributed by atoms with Gasteiger partial charge in [0.2, 0.25) is 0 Å². The molecule has 68 valence electrons. The Balaban J connectivity index is 2.41. The van der Waals surface area contributed by atoms with E-state index in [2.05, 4.69) is 22.2 Å². The zero-order valence-corrected chi connectivity index (χ0v) is 7.55. The first-order valence-electron chi connectivity index (χ1n) is 4.09. The zero-order valence-electron chi connectivity index (χ0n) is 7.55. The Morgan fingerprint density at radius 1 is 1.67 bits per heavy atom. The minimum absolute atomic E-state index is 0.548. The van der Waals surface area contributed by atoms with Gasteiger partial charge >= 0.3 is 0 Å². The molecule has 1 heterocycles. The molecule has 0 aliphatic carbocycles. The van der Waals surface area contributed by atoms with Crippen LogP contribution in [0.25, 0.3) is 0 Å². The van der Waals surface area contributed by atoms with E-state index in [0.29, 0.717) is 6.61 Å². The lowest BCUT2D eigenvalue weighted by Gasteiger charge is -1.96. The van der Waals surface area contributed by atoms with Crippen LogP contribution in [0.2, 0.25) is 0 Å². The fourth-order valence-corrected chi connectivity index (χ4v) is 0.965. The summed E-state index contributed by atoms with van der Waals surface area (Å²) in [5.74, 6) is 0.880. The van der Waals surface area contributed by atoms with Crippen LogP contribution in [0.3, 0.4) is 0 Å². The van der Waals surface area contributed by atoms with Crippen LogP contribution in [0.4, 0.5) is 0 Å². The summed E-state index contributed by atoms with van der Waals surface area (Å²) in [6, 6.07) is 0. The van der Waals surface area contributed by atoms with Crippen LogP contribution >= 0.6 is 0 Å². The van der Waals surface area contributed by atoms with Crippen LogP contribution in [-0.4, -0.2) is 23.6 Å². The number of hydrogen-bond donors (Lipinski definition) is 2. The fraction of sp³-hybridized carbons (Fsp3) is 0.625. The number of nitrogens with one attached hydrogen (secondary N) is 2. The highest BCUT2D eigenvalue weighted by atomic mass is 16.5. The molecular formula is C8H15N3O. The molecule has 12 heavy (non-hydrogen) atoms. The van der Waals surface area contributed by atoms with E-state index in [-0.39, 0.29) is 0 Å². The number of H-pyrrole nitrogens is 1. The van der Waals surface area contributed by atoms with Gasteiger partial charge in [-0.05, 0) is 6.54 Å². The molecule has 1 rings (SSSR count). The minimum Gasteiger partial charge on any atom is -0.377 e. The van der Waals surface area contributed by atoms with Crippen LogP contribution in [0, 0.1) is 0 Å². The van der Waals surface area contributed by atoms with Crippen LogP contribution in [-0.2, 0) is 17.9 Å². The van der Waals surface area contributed by atoms with Crippen molar-refractivity contribution in [1.82, 2.24) is 15.3 Å². The summed E-state index contributed by atoms with van der Waals surface area (Å²) in [6.45, 7) is 4.43. The van der Waals surface area contributed by atoms with E-state index in [1.54, 1.807) is 7.11 Å². The average molecular weight is 169 g/mol. The Hall–Kier alpha value is -0.870. The third-order valence-electron chi connectivity index (χ3n) is 1.53. The van der Waals surface area contributed by atoms with Crippen molar-refractivity contribution in [2.24, 2.45) is 0 Å². The Morgan fingerprint density at radius 2 is 2.50 bits per heavy atom. The summed E-state index contributed by atoms with van der Waals surface area (Å²) < 4.78 is 4.93. The lowest BCUT2D eigenvalue weighted by Crippen LogP contribution is -2.11. The van der Waals surface area contributed by atoms with Crippen molar-refractivity contribution < 1.29 is 4.74 Å². The van der Waals surface area contributed by atoms with Crippen LogP contribution in [0.1, 0.15) is 18.4 Å². The first-order chi connectivity index (χ1) is 5.86. The summed E-state index contributed by atoms with van der Waals surface area (Å²) in [5, 5.41) is 3.21. The van der Waals surface area contributed by atoms with Gasteiger partial charge in [-0.15, -0.1) is 0 Å². The molecule has 0 unspecified atom stereocenters. The summed E-state index contributed by atoms with van der Waals surface area (Å²) in [6.07, 6.45) is 1.83. The molecule has 0 saturated carbocycles. The molecule has 0 atom stereocenters. The predicted molar refractivity (Wildman–Crippen MR) is 46.7 cm³/mol. The first-order valence-corrected chi connectivity index (χ1v) is 4.09. The molecule has 0 aliphatic rings. The number of nitrogens with zero attached hydrogens (tertiary/aromatic N) is 1. The van der Waals surface area contributed by atoms with Gasteiger partial charge in [0.25, 0.3) is 0 Å². The van der Waals surface area contributed by atoms with Gasteiger partial charge in [0.1, 0.15) is 12.4 Å². The van der Waals surface area contributed by atoms with Gasteiger partial charge in [0.15, 0.2) is 0 Å². The van der Waals surface area contributed by atoms with Gasteiger partial charge in [0.05, 0.1) is 0 Å². The molecule has 0 fully saturated rings. The van der Waals surface area contributed by atoms with E-state index in [4.69, 9.17) is 4.74 Å². The van der Waals surface area contributed by atoms with Crippen molar-refractivity contribution in [3.63, 3.8) is 0 Å². The van der Waals surface area contributed by atoms with Crippen molar-refractivity contribution in [2.75, 3.05) is 13.7 Å². The maximum absolute atomic E-state index is 4.93. The SMILES string of the molecule is CCNCc1cnc(COC)[nH]1. The molecule has 0 aliphatic heterocycles. The third-order valence-corrected chi connectivity index (χ3v) is 1.53. The van der Waals surface area contributed by atoms with E-state index >= 15 is 0 Å². The molecular weight excluding hydrogens is 154 g/mol. The van der Waals surface area contributed by atoms with Crippen molar-refractivity contribution in [3.05, 3.63) is 17.7 Å². The standard InChI is InChI=1S/C8H15N3O/c1-3-9-4-7-5-10-8(11-7)6-12-2/h5,9H,3-4,6H2,1-2H3,(H,10,11). The van der Waals surface area contributed by atoms with Gasteiger partial charge in [-0.3, -0.25) is 0 Å². The number of ether oxygens (including phenoxy) is 1. The number of aromatic nitrogens is 2. The molecule has 1 aromatic rings. The largest absolute Gasteiger partial charge is 0.377 e. The monoisotopic (exact) mass is 169 g/mol. The second kappa shape index (κ2) is 4.90. The molecule has 0 spiro atoms. The smallest absolute Gasteiger partial charge is 0.132 e. The highest BCUT2D eigenvalue weighted by Crippen LogP contribution is 1.97. The van der Waals surface area contributed by atoms with Crippen molar-refractivity contribution >= 4 is 0 Å². The summed E-state index contributed by atoms with van der Waals surface area (Å²) in [5.41, 5.74) is 1.10. The number of aromatic amines is 1. The molecule has 0 amide bonds. The average Bonchev–Trinajstić information content (AvgIpc) is 2.50. The quantitative estimate of drug-likeness (QED) is 0.681. The second-order valence-electron chi connectivity index (χ2n) is 2.57. The highest BCUT2D eigenvalue weighted by Gasteiger charge is 1.97. The summed E-state index contributed by atoms with van der Waals surface area (Å²) in [7, 11) is 1.66. The van der Waals surface area contributed by atoms with Crippen LogP contribution in [0.5, 0.6) is 0 Å². The van der Waals surface area contributed by atoms with Gasteiger partial charge in [-0.25, -0.2) is 4.98 Å². The maximum atomic E-state index is 4.93. The van der Waals surface area contributed by atoms with Crippen molar-refractivity contribution in [2.45, 2.75) is 20.1 Å². The van der Waals surface area contributed by atoms with Crippen molar-refractivity contribution in [3.8, 4) is 0 Å². The lowest BCUT2D eigenvalue weighted by molar-refractivity contribution is 0.178. The molecule has 0 saturated heterocycles. The predicted octanol–water partition coefficient (Wildman–Crippen LogP) is 0.666. The minimum atomic E-state index is 0.548. The van der Waals surface area contributed by atoms with Crippen molar-refractivity contribution in [1.29, 1.82) is 0 Å². The highest BCUT2D eigenvalue weighted by molar-refractivity contribution is 4.99. The fourth-order valence-electron chi connectivity index (χ4n) is 0.965. The first kappa shape index (κ1) is 9.22. The molecule has 2 N–H and O–H groups in total. The van der Waals surface area contributed by atoms with E-state index in [0.717, 1.165) is 24.6 Å². The Kier molecular flexibility index (Phi) is 3.76. The van der Waals surface area contributed by atoms with E-state index < -0.39 is 0 Å². The zero-order chi connectivity index (χ0) is 8.81. The molecule has 0 radical (unpaired) electrons. The van der Waals surface area contributed by atoms with Crippen LogP contribution < -0.4 is 5.32 Å². The topological polar surface area (TPSA) is 49.9 Å². The molecule has 0 bridgehead atoms. The summed E-state index contributed by atoms with van der Waals surface area (Å²) in [4.78, 5) is 7.29. The van der Waals surface area contributed by atoms with Gasteiger partial charge in [-0.1, -0.05) is 6.92 Å². The number of methoxy groups -OCH3 is 1. The third kappa shape index (κ3) is 2.64. The Morgan fingerprint density at radius 3 is 3.17 bits per heavy atom. The molecule has 4 heteroatoms. The second-order valence-corrected chi connectivity index (χ2v) is 2.57. The molecule has 0 aromatic carbocycles. The number of imidazole rings is 1. The van der Waals surface area contributed by atoms with E-state index in [1.165, 1.54) is 0 Å². The normalized spacial score (nSPS) is 10.5. The van der Waals surface area contributed by atoms with Crippen LogP contribution in [0.15, 0.2) is 6.20 Å². The number of hydrogen-bond acceptors (Lipinski definition) is 3. The van der Waals surface area contributed by atoms with Gasteiger partial charge < -0.3 is 15.0 Å². The van der Waals surface area contributed by atoms with E-state index in [1.807, 2.05) is 6.20 Å². The lowest BCUT2D eigenvalue weighted by atomic mass is 10.5.